The van der Waals surface area contributed by atoms with E-state index in [9.17, 15) is 18.4 Å². The number of nitrogens with one attached hydrogen (secondary N) is 2. The average molecular weight is 549 g/mol. The average Bonchev–Trinajstić information content (AvgIpc) is 3.41. The molecule has 3 heterocycles. The second-order valence-corrected chi connectivity index (χ2v) is 9.39. The molecule has 0 aliphatic heterocycles. The van der Waals surface area contributed by atoms with Crippen molar-refractivity contribution in [2.75, 3.05) is 10.6 Å². The molecular weight excluding hydrogens is 529 g/mol. The number of halogens is 4. The van der Waals surface area contributed by atoms with Crippen molar-refractivity contribution in [3.63, 3.8) is 0 Å². The minimum atomic E-state index is -1.24. The van der Waals surface area contributed by atoms with Crippen molar-refractivity contribution in [1.82, 2.24) is 25.0 Å². The summed E-state index contributed by atoms with van der Waals surface area (Å²) in [5.41, 5.74) is 2.77. The minimum Gasteiger partial charge on any atom is -0.373 e. The van der Waals surface area contributed by atoms with E-state index < -0.39 is 17.8 Å². The first-order valence-electron chi connectivity index (χ1n) is 11.8. The van der Waals surface area contributed by atoms with E-state index in [1.807, 2.05) is 13.8 Å². The predicted molar refractivity (Wildman–Crippen MR) is 141 cm³/mol. The van der Waals surface area contributed by atoms with E-state index in [4.69, 9.17) is 11.6 Å². The van der Waals surface area contributed by atoms with E-state index in [1.54, 1.807) is 35.1 Å². The lowest BCUT2D eigenvalue weighted by Gasteiger charge is -2.20. The molecule has 2 aromatic carbocycles. The van der Waals surface area contributed by atoms with Gasteiger partial charge in [-0.1, -0.05) is 28.9 Å². The molecule has 0 aliphatic rings. The van der Waals surface area contributed by atoms with Gasteiger partial charge in [-0.05, 0) is 43.7 Å². The van der Waals surface area contributed by atoms with Crippen LogP contribution in [-0.4, -0.2) is 25.0 Å². The van der Waals surface area contributed by atoms with Crippen molar-refractivity contribution in [2.45, 2.75) is 25.9 Å². The molecule has 2 N–H and O–H groups in total. The predicted octanol–water partition coefficient (Wildman–Crippen LogP) is 6.69. The van der Waals surface area contributed by atoms with Gasteiger partial charge in [-0.15, -0.1) is 5.10 Å². The minimum absolute atomic E-state index is 0.0742. The fourth-order valence-electron chi connectivity index (χ4n) is 4.02. The zero-order valence-corrected chi connectivity index (χ0v) is 21.4. The van der Waals surface area contributed by atoms with Crippen LogP contribution in [0.3, 0.4) is 0 Å². The molecule has 5 rings (SSSR count). The summed E-state index contributed by atoms with van der Waals surface area (Å²) in [6.45, 7) is 3.94. The number of hydrogen-bond donors (Lipinski definition) is 2. The maximum atomic E-state index is 13.8. The van der Waals surface area contributed by atoms with Crippen LogP contribution in [0.5, 0.6) is 0 Å². The molecule has 0 saturated carbocycles. The van der Waals surface area contributed by atoms with Crippen molar-refractivity contribution in [3.8, 4) is 6.07 Å². The van der Waals surface area contributed by atoms with Gasteiger partial charge in [0.25, 0.3) is 0 Å². The molecule has 0 fully saturated rings. The molecule has 5 aromatic rings. The lowest BCUT2D eigenvalue weighted by atomic mass is 10.0. The summed E-state index contributed by atoms with van der Waals surface area (Å²) in [5, 5.41) is 25.3. The number of nitrogens with zero attached hydrogens (tertiary/aromatic N) is 6. The molecule has 0 spiro atoms. The Hall–Kier alpha value is -4.69. The molecule has 196 valence electrons. The zero-order valence-electron chi connectivity index (χ0n) is 20.6. The van der Waals surface area contributed by atoms with Crippen LogP contribution in [0.2, 0.25) is 5.02 Å². The first kappa shape index (κ1) is 25.9. The highest BCUT2D eigenvalue weighted by Crippen LogP contribution is 2.36. The Morgan fingerprint density at radius 2 is 1.77 bits per heavy atom. The molecule has 0 saturated heterocycles. The lowest BCUT2D eigenvalue weighted by Crippen LogP contribution is -2.13. The first-order chi connectivity index (χ1) is 18.7. The Labute approximate surface area is 226 Å². The van der Waals surface area contributed by atoms with Gasteiger partial charge in [-0.2, -0.15) is 9.65 Å². The smallest absolute Gasteiger partial charge is 0.249 e. The highest BCUT2D eigenvalue weighted by Gasteiger charge is 2.21. The van der Waals surface area contributed by atoms with Gasteiger partial charge in [0.2, 0.25) is 5.95 Å². The van der Waals surface area contributed by atoms with Crippen LogP contribution in [-0.2, 0) is 0 Å². The second-order valence-electron chi connectivity index (χ2n) is 8.98. The third-order valence-electron chi connectivity index (χ3n) is 5.98. The van der Waals surface area contributed by atoms with Crippen molar-refractivity contribution in [2.24, 2.45) is 0 Å². The van der Waals surface area contributed by atoms with Gasteiger partial charge in [0, 0.05) is 29.4 Å². The molecule has 3 aromatic heterocycles. The van der Waals surface area contributed by atoms with Crippen molar-refractivity contribution in [3.05, 3.63) is 100 Å². The Balaban J connectivity index is 1.61. The summed E-state index contributed by atoms with van der Waals surface area (Å²) >= 11 is 6.60. The van der Waals surface area contributed by atoms with E-state index in [0.717, 1.165) is 17.8 Å². The number of hydrogen-bond acceptors (Lipinski definition) is 7. The lowest BCUT2D eigenvalue weighted by molar-refractivity contribution is 0.480. The number of pyridine rings is 2. The van der Waals surface area contributed by atoms with Crippen LogP contribution in [0.15, 0.2) is 61.1 Å². The van der Waals surface area contributed by atoms with Gasteiger partial charge in [0.05, 0.1) is 45.9 Å². The van der Waals surface area contributed by atoms with E-state index in [-0.39, 0.29) is 33.8 Å². The van der Waals surface area contributed by atoms with Crippen LogP contribution in [0.25, 0.3) is 10.9 Å². The Bertz CT molecular complexity index is 1710. The topological polar surface area (TPSA) is 104 Å². The van der Waals surface area contributed by atoms with Crippen LogP contribution in [0.4, 0.5) is 30.2 Å². The second kappa shape index (κ2) is 10.6. The van der Waals surface area contributed by atoms with Crippen LogP contribution in [0, 0.1) is 28.9 Å². The van der Waals surface area contributed by atoms with Gasteiger partial charge >= 0.3 is 0 Å². The number of nitriles is 1. The Kier molecular flexibility index (Phi) is 7.04. The molecule has 39 heavy (non-hydrogen) atoms. The fraction of sp³-hybridized carbons (Fsp3) is 0.148. The van der Waals surface area contributed by atoms with Crippen molar-refractivity contribution < 1.29 is 13.2 Å². The van der Waals surface area contributed by atoms with Gasteiger partial charge in [0.1, 0.15) is 17.6 Å². The number of anilines is 3. The molecule has 12 heteroatoms. The first-order valence-corrected chi connectivity index (χ1v) is 12.2. The van der Waals surface area contributed by atoms with E-state index in [2.05, 4.69) is 37.0 Å². The summed E-state index contributed by atoms with van der Waals surface area (Å²) in [5.74, 6) is -2.76. The van der Waals surface area contributed by atoms with Gasteiger partial charge in [0.15, 0.2) is 5.82 Å². The maximum Gasteiger partial charge on any atom is 0.249 e. The summed E-state index contributed by atoms with van der Waals surface area (Å²) in [7, 11) is 0. The molecule has 1 atom stereocenters. The van der Waals surface area contributed by atoms with Gasteiger partial charge in [-0.3, -0.25) is 4.98 Å². The largest absolute Gasteiger partial charge is 0.373 e. The molecule has 0 radical (unpaired) electrons. The van der Waals surface area contributed by atoms with Crippen molar-refractivity contribution in [1.29, 1.82) is 5.26 Å². The van der Waals surface area contributed by atoms with Gasteiger partial charge in [-0.25, -0.2) is 18.4 Å². The van der Waals surface area contributed by atoms with Crippen LogP contribution < -0.4 is 10.6 Å². The normalized spacial score (nSPS) is 11.9. The third-order valence-corrected chi connectivity index (χ3v) is 6.27. The van der Waals surface area contributed by atoms with Gasteiger partial charge < -0.3 is 10.6 Å². The van der Waals surface area contributed by atoms with Crippen LogP contribution >= 0.6 is 11.6 Å². The SMILES string of the molecule is CC(C)n1cc([C@@H](Nc2cc(Cl)c3ncc(C#N)c(Nc4cnc(F)c(F)c4)c3c2)c2ccc(F)cc2)nn1. The van der Waals surface area contributed by atoms with E-state index in [0.29, 0.717) is 22.3 Å². The molecule has 0 amide bonds. The monoisotopic (exact) mass is 548 g/mol. The Morgan fingerprint density at radius 3 is 2.44 bits per heavy atom. The van der Waals surface area contributed by atoms with E-state index >= 15 is 0 Å². The fourth-order valence-corrected chi connectivity index (χ4v) is 4.29. The number of benzene rings is 2. The zero-order chi connectivity index (χ0) is 27.7. The summed E-state index contributed by atoms with van der Waals surface area (Å²) < 4.78 is 42.6. The summed E-state index contributed by atoms with van der Waals surface area (Å²) in [4.78, 5) is 7.71. The van der Waals surface area contributed by atoms with Crippen molar-refractivity contribution >= 4 is 39.6 Å². The third kappa shape index (κ3) is 5.32. The molecular formula is C27H20ClF3N8. The molecule has 0 aliphatic carbocycles. The number of rotatable bonds is 7. The summed E-state index contributed by atoms with van der Waals surface area (Å²) in [6.07, 6.45) is 4.24. The number of fused-ring (bicyclic) bond motifs is 1. The van der Waals surface area contributed by atoms with E-state index in [1.165, 1.54) is 18.3 Å². The molecule has 0 unspecified atom stereocenters. The quantitative estimate of drug-likeness (QED) is 0.218. The maximum absolute atomic E-state index is 13.8. The molecule has 8 nitrogen and oxygen atoms in total. The molecule has 0 bridgehead atoms. The summed E-state index contributed by atoms with van der Waals surface area (Å²) in [6, 6.07) is 11.9. The Morgan fingerprint density at radius 1 is 1.00 bits per heavy atom. The standard InChI is InChI=1S/C27H20ClF3N8/c1-14(2)39-13-23(37-38-39)25(15-3-5-17(29)6-4-15)35-18-7-20-24(36-19-9-22(30)27(31)34-12-19)16(10-32)11-33-26(20)21(28)8-18/h3-9,11-14,25,35H,1-2H3,(H,33,36)/t25-/m0/s1. The van der Waals surface area contributed by atoms with Crippen LogP contribution in [0.1, 0.15) is 42.8 Å². The highest BCUT2D eigenvalue weighted by atomic mass is 35.5. The number of aromatic nitrogens is 5. The highest BCUT2D eigenvalue weighted by molar-refractivity contribution is 6.36.